The Labute approximate surface area is 282 Å². The monoisotopic (exact) mass is 665 g/mol. The molecule has 2 aliphatic rings. The lowest BCUT2D eigenvalue weighted by molar-refractivity contribution is -0.119. The van der Waals surface area contributed by atoms with Gasteiger partial charge in [-0.25, -0.2) is 14.8 Å². The molecule has 1 aliphatic carbocycles. The second-order valence-corrected chi connectivity index (χ2v) is 12.8. The Bertz CT molecular complexity index is 2230. The molecule has 3 N–H and O–H groups in total. The number of hydrogen-bond acceptors (Lipinski definition) is 8. The molecule has 2 aromatic carbocycles. The highest BCUT2D eigenvalue weighted by atomic mass is 35.5. The summed E-state index contributed by atoms with van der Waals surface area (Å²) >= 11 is 7.18. The van der Waals surface area contributed by atoms with Gasteiger partial charge in [0.1, 0.15) is 11.2 Å². The highest BCUT2D eigenvalue weighted by Gasteiger charge is 2.30. The Morgan fingerprint density at radius 1 is 1.00 bits per heavy atom. The quantitative estimate of drug-likeness (QED) is 0.213. The Balaban J connectivity index is 1.22. The summed E-state index contributed by atoms with van der Waals surface area (Å²) in [5.74, 6) is 1.04. The molecule has 1 saturated heterocycles. The highest BCUT2D eigenvalue weighted by Crippen LogP contribution is 2.43. The summed E-state index contributed by atoms with van der Waals surface area (Å²) in [6.07, 6.45) is 4.79. The van der Waals surface area contributed by atoms with Crippen molar-refractivity contribution in [3.63, 3.8) is 0 Å². The third-order valence-corrected chi connectivity index (χ3v) is 9.99. The number of nitrogens with zero attached hydrogens (tertiary/aromatic N) is 4. The van der Waals surface area contributed by atoms with Crippen LogP contribution in [0.3, 0.4) is 0 Å². The Morgan fingerprint density at radius 3 is 2.54 bits per heavy atom. The highest BCUT2D eigenvalue weighted by molar-refractivity contribution is 6.36. The second kappa shape index (κ2) is 12.6. The van der Waals surface area contributed by atoms with Gasteiger partial charge >= 0.3 is 5.69 Å². The first-order chi connectivity index (χ1) is 23.2. The normalized spacial score (nSPS) is 17.1. The number of carbonyl (C=O) groups is 1. The number of pyridine rings is 2. The molecule has 2 atom stereocenters. The van der Waals surface area contributed by atoms with Gasteiger partial charge in [0.15, 0.2) is 0 Å². The second-order valence-electron chi connectivity index (χ2n) is 12.4. The molecule has 4 heterocycles. The number of fused-ring (bicyclic) bond motifs is 2. The molecular weight excluding hydrogens is 630 g/mol. The zero-order valence-corrected chi connectivity index (χ0v) is 27.9. The molecule has 0 spiro atoms. The lowest BCUT2D eigenvalue weighted by atomic mass is 9.96. The van der Waals surface area contributed by atoms with Crippen LogP contribution in [0.2, 0.25) is 5.02 Å². The standard InChI is InChI=1S/C36H36ClN7O4/c1-19-22(7-6-10-25(19)41-33-31-28(15-16-38-33)43(2)36(47)44(3)35(31)46)23-8-5-9-24(32(23)37)27-17-20-11-13-26(30(20)34(42-27)48-4)39-18-21-12-14-29(45)40-21/h5-10,15-17,21,26,39H,11-14,18H2,1-4H3,(H,38,41)(H,40,45)/t21-,26+/m1/s1. The molecule has 48 heavy (non-hydrogen) atoms. The van der Waals surface area contributed by atoms with Crippen LogP contribution in [0.5, 0.6) is 5.88 Å². The summed E-state index contributed by atoms with van der Waals surface area (Å²) in [7, 11) is 4.73. The molecule has 0 unspecified atom stereocenters. The summed E-state index contributed by atoms with van der Waals surface area (Å²) < 4.78 is 8.35. The van der Waals surface area contributed by atoms with Crippen molar-refractivity contribution < 1.29 is 9.53 Å². The minimum Gasteiger partial charge on any atom is -0.481 e. The zero-order valence-electron chi connectivity index (χ0n) is 27.2. The topological polar surface area (TPSA) is 132 Å². The van der Waals surface area contributed by atoms with Crippen LogP contribution in [0.25, 0.3) is 33.3 Å². The summed E-state index contributed by atoms with van der Waals surface area (Å²) in [5, 5.41) is 10.9. The number of aromatic nitrogens is 4. The average Bonchev–Trinajstić information content (AvgIpc) is 3.71. The number of rotatable bonds is 8. The van der Waals surface area contributed by atoms with E-state index in [2.05, 4.69) is 27.0 Å². The van der Waals surface area contributed by atoms with Gasteiger partial charge in [-0.15, -0.1) is 0 Å². The number of ether oxygens (including phenoxy) is 1. The molecule has 3 aromatic heterocycles. The molecule has 0 bridgehead atoms. The zero-order chi connectivity index (χ0) is 33.7. The van der Waals surface area contributed by atoms with Crippen molar-refractivity contribution in [2.45, 2.75) is 44.7 Å². The van der Waals surface area contributed by atoms with E-state index in [1.807, 2.05) is 43.3 Å². The molecule has 1 amide bonds. The number of hydrogen-bond donors (Lipinski definition) is 3. The van der Waals surface area contributed by atoms with Crippen molar-refractivity contribution in [2.24, 2.45) is 14.1 Å². The van der Waals surface area contributed by atoms with Crippen LogP contribution >= 0.6 is 11.6 Å². The van der Waals surface area contributed by atoms with Gasteiger partial charge < -0.3 is 20.7 Å². The van der Waals surface area contributed by atoms with Gasteiger partial charge in [-0.3, -0.25) is 18.7 Å². The van der Waals surface area contributed by atoms with Crippen LogP contribution < -0.4 is 31.9 Å². The maximum Gasteiger partial charge on any atom is 0.330 e. The SMILES string of the molecule is COc1nc(-c2cccc(-c3cccc(Nc4nccc5c4c(=O)n(C)c(=O)n5C)c3C)c2Cl)cc2c1[C@@H](NC[C@H]1CCC(=O)N1)CC2. The van der Waals surface area contributed by atoms with Crippen LogP contribution in [0.4, 0.5) is 11.5 Å². The average molecular weight is 666 g/mol. The van der Waals surface area contributed by atoms with Gasteiger partial charge in [-0.2, -0.15) is 0 Å². The Hall–Kier alpha value is -5.00. The molecule has 1 aliphatic heterocycles. The molecule has 1 fully saturated rings. The summed E-state index contributed by atoms with van der Waals surface area (Å²) in [4.78, 5) is 46.7. The largest absolute Gasteiger partial charge is 0.481 e. The van der Waals surface area contributed by atoms with E-state index in [1.54, 1.807) is 26.4 Å². The fraction of sp³-hybridized carbons (Fsp3) is 0.306. The number of nitrogens with one attached hydrogen (secondary N) is 3. The number of anilines is 2. The van der Waals surface area contributed by atoms with E-state index in [-0.39, 0.29) is 18.0 Å². The summed E-state index contributed by atoms with van der Waals surface area (Å²) in [6, 6.07) is 15.8. The van der Waals surface area contributed by atoms with Crippen molar-refractivity contribution in [2.75, 3.05) is 19.0 Å². The number of methoxy groups -OCH3 is 1. The third kappa shape index (κ3) is 5.42. The van der Waals surface area contributed by atoms with E-state index in [9.17, 15) is 14.4 Å². The van der Waals surface area contributed by atoms with Crippen molar-refractivity contribution in [3.05, 3.63) is 97.3 Å². The first kappa shape index (κ1) is 31.6. The van der Waals surface area contributed by atoms with Crippen molar-refractivity contribution in [1.29, 1.82) is 0 Å². The van der Waals surface area contributed by atoms with Crippen LogP contribution in [-0.2, 0) is 25.3 Å². The first-order valence-corrected chi connectivity index (χ1v) is 16.3. The molecule has 246 valence electrons. The maximum absolute atomic E-state index is 13.2. The van der Waals surface area contributed by atoms with Gasteiger partial charge in [-0.05, 0) is 61.1 Å². The van der Waals surface area contributed by atoms with Crippen molar-refractivity contribution in [3.8, 4) is 28.3 Å². The molecule has 7 rings (SSSR count). The predicted molar refractivity (Wildman–Crippen MR) is 187 cm³/mol. The maximum atomic E-state index is 13.2. The van der Waals surface area contributed by atoms with Gasteiger partial charge in [0.25, 0.3) is 5.56 Å². The smallest absolute Gasteiger partial charge is 0.330 e. The van der Waals surface area contributed by atoms with Gasteiger partial charge in [0, 0.05) is 67.7 Å². The van der Waals surface area contributed by atoms with Crippen LogP contribution in [-0.4, -0.2) is 44.7 Å². The van der Waals surface area contributed by atoms with Gasteiger partial charge in [-0.1, -0.05) is 41.9 Å². The van der Waals surface area contributed by atoms with E-state index in [1.165, 1.54) is 17.2 Å². The van der Waals surface area contributed by atoms with E-state index >= 15 is 0 Å². The molecule has 5 aromatic rings. The van der Waals surface area contributed by atoms with Crippen LogP contribution in [0.1, 0.15) is 42.0 Å². The lowest BCUT2D eigenvalue weighted by Gasteiger charge is -2.20. The fourth-order valence-electron chi connectivity index (χ4n) is 6.97. The van der Waals surface area contributed by atoms with E-state index < -0.39 is 11.2 Å². The van der Waals surface area contributed by atoms with Gasteiger partial charge in [0.05, 0.1) is 23.3 Å². The number of benzene rings is 2. The summed E-state index contributed by atoms with van der Waals surface area (Å²) in [6.45, 7) is 2.69. The minimum atomic E-state index is -0.421. The molecule has 11 nitrogen and oxygen atoms in total. The molecular formula is C36H36ClN7O4. The van der Waals surface area contributed by atoms with Crippen LogP contribution in [0, 0.1) is 6.92 Å². The van der Waals surface area contributed by atoms with E-state index in [4.69, 9.17) is 21.3 Å². The summed E-state index contributed by atoms with van der Waals surface area (Å²) in [5.41, 5.74) is 6.81. The molecule has 0 saturated carbocycles. The number of carbonyl (C=O) groups excluding carboxylic acids is 1. The number of halogens is 1. The van der Waals surface area contributed by atoms with Crippen molar-refractivity contribution in [1.82, 2.24) is 29.7 Å². The Kier molecular flexibility index (Phi) is 8.26. The minimum absolute atomic E-state index is 0.0926. The van der Waals surface area contributed by atoms with E-state index in [0.29, 0.717) is 40.6 Å². The predicted octanol–water partition coefficient (Wildman–Crippen LogP) is 4.93. The van der Waals surface area contributed by atoms with Crippen molar-refractivity contribution >= 4 is 39.9 Å². The fourth-order valence-corrected chi connectivity index (χ4v) is 7.29. The third-order valence-electron chi connectivity index (χ3n) is 9.58. The molecule has 0 radical (unpaired) electrons. The Morgan fingerprint density at radius 2 is 1.77 bits per heavy atom. The van der Waals surface area contributed by atoms with Gasteiger partial charge in [0.2, 0.25) is 11.8 Å². The first-order valence-electron chi connectivity index (χ1n) is 16.0. The number of aryl methyl sites for hydroxylation is 2. The molecule has 12 heteroatoms. The van der Waals surface area contributed by atoms with E-state index in [0.717, 1.165) is 63.0 Å². The lowest BCUT2D eigenvalue weighted by Crippen LogP contribution is -2.37. The van der Waals surface area contributed by atoms with Crippen LogP contribution in [0.15, 0.2) is 64.3 Å². The number of amides is 1.